The van der Waals surface area contributed by atoms with Crippen molar-refractivity contribution in [2.75, 3.05) is 4.90 Å². The maximum absolute atomic E-state index is 12.8. The summed E-state index contributed by atoms with van der Waals surface area (Å²) in [5, 5.41) is 9.93. The van der Waals surface area contributed by atoms with E-state index in [1.807, 2.05) is 76.2 Å². The van der Waals surface area contributed by atoms with Gasteiger partial charge in [-0.05, 0) is 69.5 Å². The van der Waals surface area contributed by atoms with Crippen molar-refractivity contribution in [1.82, 2.24) is 4.90 Å². The number of rotatable bonds is 6. The summed E-state index contributed by atoms with van der Waals surface area (Å²) in [4.78, 5) is 27.9. The number of unbranched alkanes of at least 4 members (excludes halogenated alkanes) is 1. The van der Waals surface area contributed by atoms with E-state index in [-0.39, 0.29) is 17.2 Å². The highest BCUT2D eigenvalue weighted by Gasteiger charge is 2.36. The molecule has 2 atom stereocenters. The maximum atomic E-state index is 12.8. The lowest BCUT2D eigenvalue weighted by Crippen LogP contribution is -2.55. The molecular weight excluding hydrogens is 452 g/mol. The fourth-order valence-electron chi connectivity index (χ4n) is 4.25. The second-order valence-corrected chi connectivity index (χ2v) is 9.87. The predicted octanol–water partition coefficient (Wildman–Crippen LogP) is 7.09. The number of carbonyl (C=O) groups excluding carboxylic acids is 1. The Labute approximate surface area is 206 Å². The van der Waals surface area contributed by atoms with Gasteiger partial charge in [-0.2, -0.15) is 0 Å². The van der Waals surface area contributed by atoms with Crippen LogP contribution in [0.4, 0.5) is 10.5 Å². The summed E-state index contributed by atoms with van der Waals surface area (Å²) in [5.74, 6) is -0.367. The lowest BCUT2D eigenvalue weighted by molar-refractivity contribution is 0.00703. The van der Waals surface area contributed by atoms with Gasteiger partial charge < -0.3 is 14.7 Å². The number of nitrogens with zero attached hydrogens (tertiary/aromatic N) is 2. The Morgan fingerprint density at radius 1 is 1.09 bits per heavy atom. The molecular formula is C27H33ClN2O4. The van der Waals surface area contributed by atoms with Crippen LogP contribution in [-0.4, -0.2) is 39.9 Å². The van der Waals surface area contributed by atoms with Gasteiger partial charge in [0.15, 0.2) is 0 Å². The van der Waals surface area contributed by atoms with Crippen molar-refractivity contribution in [3.05, 3.63) is 65.3 Å². The van der Waals surface area contributed by atoms with E-state index in [1.54, 1.807) is 6.07 Å². The molecule has 34 heavy (non-hydrogen) atoms. The van der Waals surface area contributed by atoms with E-state index in [1.165, 1.54) is 4.90 Å². The van der Waals surface area contributed by atoms with Crippen LogP contribution in [0.3, 0.4) is 0 Å². The van der Waals surface area contributed by atoms with Gasteiger partial charge in [-0.15, -0.1) is 0 Å². The number of carboxylic acid groups (broad SMARTS) is 1. The number of benzene rings is 2. The summed E-state index contributed by atoms with van der Waals surface area (Å²) in [6, 6.07) is 15.2. The summed E-state index contributed by atoms with van der Waals surface area (Å²) >= 11 is 6.33. The molecule has 1 aliphatic rings. The average Bonchev–Trinajstić information content (AvgIpc) is 2.76. The topological polar surface area (TPSA) is 70.1 Å². The van der Waals surface area contributed by atoms with Crippen LogP contribution in [0.2, 0.25) is 0 Å². The van der Waals surface area contributed by atoms with Gasteiger partial charge in [-0.25, -0.2) is 14.5 Å². The van der Waals surface area contributed by atoms with E-state index < -0.39 is 17.9 Å². The minimum atomic E-state index is -1.09. The molecule has 2 aromatic carbocycles. The maximum Gasteiger partial charge on any atom is 0.414 e. The zero-order valence-corrected chi connectivity index (χ0v) is 21.2. The number of esters is 1. The summed E-state index contributed by atoms with van der Waals surface area (Å²) in [5.41, 5.74) is 2.47. The Kier molecular flexibility index (Phi) is 7.93. The van der Waals surface area contributed by atoms with Crippen molar-refractivity contribution >= 4 is 29.4 Å². The Hall–Kier alpha value is -2.99. The highest BCUT2D eigenvalue weighted by atomic mass is 35.5. The molecule has 2 aromatic rings. The molecule has 1 amide bonds. The first-order chi connectivity index (χ1) is 16.0. The summed E-state index contributed by atoms with van der Waals surface area (Å²) in [7, 11) is 0. The lowest BCUT2D eigenvalue weighted by Gasteiger charge is -2.45. The molecule has 1 N–H and O–H groups in total. The van der Waals surface area contributed by atoms with Crippen molar-refractivity contribution in [2.24, 2.45) is 0 Å². The van der Waals surface area contributed by atoms with Crippen LogP contribution in [0.25, 0.3) is 11.1 Å². The zero-order chi connectivity index (χ0) is 25.0. The summed E-state index contributed by atoms with van der Waals surface area (Å²) in [6.07, 6.45) is 3.17. The van der Waals surface area contributed by atoms with Crippen molar-refractivity contribution in [3.8, 4) is 11.1 Å². The number of halogens is 1. The van der Waals surface area contributed by atoms with Gasteiger partial charge in [0, 0.05) is 5.69 Å². The molecule has 1 heterocycles. The molecule has 0 fully saturated rings. The first-order valence-electron chi connectivity index (χ1n) is 11.6. The van der Waals surface area contributed by atoms with Crippen LogP contribution >= 0.6 is 11.6 Å². The Balaban J connectivity index is 1.96. The van der Waals surface area contributed by atoms with E-state index >= 15 is 0 Å². The lowest BCUT2D eigenvalue weighted by atomic mass is 9.98. The third kappa shape index (κ3) is 5.73. The molecule has 2 unspecified atom stereocenters. The fourth-order valence-corrected chi connectivity index (χ4v) is 4.61. The number of hydrogen-bond donors (Lipinski definition) is 1. The molecule has 0 bridgehead atoms. The Bertz CT molecular complexity index is 1060. The van der Waals surface area contributed by atoms with Crippen LogP contribution in [-0.2, 0) is 4.74 Å². The first-order valence-corrected chi connectivity index (χ1v) is 12.0. The number of ether oxygens (including phenoxy) is 1. The van der Waals surface area contributed by atoms with E-state index in [2.05, 4.69) is 11.8 Å². The minimum absolute atomic E-state index is 0.0158. The van der Waals surface area contributed by atoms with Gasteiger partial charge in [0.05, 0.1) is 11.6 Å². The van der Waals surface area contributed by atoms with Crippen molar-refractivity contribution in [1.29, 1.82) is 0 Å². The molecule has 6 nitrogen and oxygen atoms in total. The second kappa shape index (κ2) is 10.5. The van der Waals surface area contributed by atoms with Crippen LogP contribution in [0, 0.1) is 0 Å². The first kappa shape index (κ1) is 25.6. The standard InChI is InChI=1S/C27H33ClN2O4/c1-6-7-10-21-17-24(28)30(26(32)33)18(2)29(21)20-15-13-19(14-16-20)22-11-8-9-12-23(22)25(31)34-27(3,4)5/h8-9,11-18,21H,6-7,10H2,1-5H3,(H,32,33). The normalized spacial score (nSPS) is 18.5. The van der Waals surface area contributed by atoms with Gasteiger partial charge in [-0.3, -0.25) is 0 Å². The van der Waals surface area contributed by atoms with Crippen molar-refractivity contribution in [2.45, 2.75) is 71.7 Å². The smallest absolute Gasteiger partial charge is 0.414 e. The van der Waals surface area contributed by atoms with Crippen LogP contribution < -0.4 is 4.90 Å². The minimum Gasteiger partial charge on any atom is -0.465 e. The molecule has 1 aliphatic heterocycles. The van der Waals surface area contributed by atoms with E-state index in [9.17, 15) is 14.7 Å². The number of hydrogen-bond acceptors (Lipinski definition) is 4. The van der Waals surface area contributed by atoms with Gasteiger partial charge in [0.25, 0.3) is 0 Å². The molecule has 0 spiro atoms. The molecule has 182 valence electrons. The predicted molar refractivity (Wildman–Crippen MR) is 136 cm³/mol. The van der Waals surface area contributed by atoms with Gasteiger partial charge in [0.2, 0.25) is 0 Å². The highest BCUT2D eigenvalue weighted by molar-refractivity contribution is 6.30. The fraction of sp³-hybridized carbons (Fsp3) is 0.407. The zero-order valence-electron chi connectivity index (χ0n) is 20.4. The summed E-state index contributed by atoms with van der Waals surface area (Å²) in [6.45, 7) is 9.51. The van der Waals surface area contributed by atoms with Crippen LogP contribution in [0.15, 0.2) is 59.8 Å². The summed E-state index contributed by atoms with van der Waals surface area (Å²) < 4.78 is 5.59. The van der Waals surface area contributed by atoms with Crippen molar-refractivity contribution < 1.29 is 19.4 Å². The van der Waals surface area contributed by atoms with E-state index in [0.29, 0.717) is 5.56 Å². The largest absolute Gasteiger partial charge is 0.465 e. The Morgan fingerprint density at radius 3 is 2.32 bits per heavy atom. The van der Waals surface area contributed by atoms with Gasteiger partial charge in [0.1, 0.15) is 16.9 Å². The third-order valence-corrected chi connectivity index (χ3v) is 6.08. The van der Waals surface area contributed by atoms with Gasteiger partial charge in [-0.1, -0.05) is 61.7 Å². The monoisotopic (exact) mass is 484 g/mol. The molecule has 0 saturated carbocycles. The number of carbonyl (C=O) groups is 2. The molecule has 7 heteroatoms. The molecule has 0 radical (unpaired) electrons. The van der Waals surface area contributed by atoms with E-state index in [4.69, 9.17) is 16.3 Å². The van der Waals surface area contributed by atoms with E-state index in [0.717, 1.165) is 36.1 Å². The SMILES string of the molecule is CCCCC1C=C(Cl)N(C(=O)O)C(C)N1c1ccc(-c2ccccc2C(=O)OC(C)(C)C)cc1. The quantitative estimate of drug-likeness (QED) is 0.350. The second-order valence-electron chi connectivity index (χ2n) is 9.49. The number of amides is 1. The molecule has 3 rings (SSSR count). The number of anilines is 1. The molecule has 0 saturated heterocycles. The molecule has 0 aromatic heterocycles. The average molecular weight is 485 g/mol. The molecule has 0 aliphatic carbocycles. The highest BCUT2D eigenvalue weighted by Crippen LogP contribution is 2.34. The van der Waals surface area contributed by atoms with Crippen molar-refractivity contribution in [3.63, 3.8) is 0 Å². The Morgan fingerprint density at radius 2 is 1.74 bits per heavy atom. The van der Waals surface area contributed by atoms with Crippen LogP contribution in [0.5, 0.6) is 0 Å². The van der Waals surface area contributed by atoms with Crippen LogP contribution in [0.1, 0.15) is 64.2 Å². The van der Waals surface area contributed by atoms with Gasteiger partial charge >= 0.3 is 12.1 Å². The third-order valence-electron chi connectivity index (χ3n) is 5.78.